The predicted octanol–water partition coefficient (Wildman–Crippen LogP) is 3.70. The number of ether oxygens (including phenoxy) is 1. The van der Waals surface area contributed by atoms with E-state index in [0.717, 1.165) is 44.1 Å². The van der Waals surface area contributed by atoms with Crippen molar-refractivity contribution in [3.63, 3.8) is 0 Å². The molecule has 0 aliphatic carbocycles. The van der Waals surface area contributed by atoms with E-state index in [2.05, 4.69) is 36.4 Å². The Morgan fingerprint density at radius 2 is 1.80 bits per heavy atom. The minimum Gasteiger partial charge on any atom is -0.381 e. The summed E-state index contributed by atoms with van der Waals surface area (Å²) in [6.07, 6.45) is 1.84. The predicted molar refractivity (Wildman–Crippen MR) is 112 cm³/mol. The molecule has 1 heterocycles. The van der Waals surface area contributed by atoms with Crippen molar-refractivity contribution in [1.29, 1.82) is 0 Å². The first kappa shape index (κ1) is 22.2. The normalized spacial score (nSPS) is 18.4. The summed E-state index contributed by atoms with van der Waals surface area (Å²) in [5, 5.41) is 6.90. The fraction of sp³-hybridized carbons (Fsp3) is 0.632. The fourth-order valence-electron chi connectivity index (χ4n) is 2.96. The van der Waals surface area contributed by atoms with Crippen LogP contribution < -0.4 is 10.6 Å². The lowest BCUT2D eigenvalue weighted by molar-refractivity contribution is 0.0513. The van der Waals surface area contributed by atoms with Crippen molar-refractivity contribution in [3.05, 3.63) is 35.6 Å². The summed E-state index contributed by atoms with van der Waals surface area (Å²) >= 11 is 0. The molecule has 1 aliphatic rings. The van der Waals surface area contributed by atoms with E-state index in [1.165, 1.54) is 0 Å². The van der Waals surface area contributed by atoms with Crippen LogP contribution in [-0.4, -0.2) is 38.8 Å². The van der Waals surface area contributed by atoms with E-state index < -0.39 is 0 Å². The summed E-state index contributed by atoms with van der Waals surface area (Å²) < 4.78 is 18.8. The summed E-state index contributed by atoms with van der Waals surface area (Å²) in [5.41, 5.74) is 1.11. The molecule has 1 atom stereocenters. The molecule has 0 spiro atoms. The molecule has 0 bridgehead atoms. The standard InChI is InChI=1S/C19H30FN3O.HI/c1-14(2)15(3)23-18(21-4)22-13-19(9-11-24-12-10-19)16-5-7-17(20)8-6-16;/h5-8,14-15H,9-13H2,1-4H3,(H2,21,22,23);1H. The maximum Gasteiger partial charge on any atom is 0.191 e. The molecule has 0 aromatic heterocycles. The second kappa shape index (κ2) is 10.3. The first-order chi connectivity index (χ1) is 11.5. The van der Waals surface area contributed by atoms with Crippen LogP contribution in [0.25, 0.3) is 0 Å². The van der Waals surface area contributed by atoms with Gasteiger partial charge in [0.2, 0.25) is 0 Å². The van der Waals surface area contributed by atoms with Gasteiger partial charge < -0.3 is 15.4 Å². The first-order valence-electron chi connectivity index (χ1n) is 8.78. The quantitative estimate of drug-likeness (QED) is 0.398. The van der Waals surface area contributed by atoms with Gasteiger partial charge in [0.15, 0.2) is 5.96 Å². The second-order valence-electron chi connectivity index (χ2n) is 7.00. The van der Waals surface area contributed by atoms with E-state index in [4.69, 9.17) is 4.74 Å². The molecule has 2 N–H and O–H groups in total. The second-order valence-corrected chi connectivity index (χ2v) is 7.00. The molecule has 1 aliphatic heterocycles. The highest BCUT2D eigenvalue weighted by molar-refractivity contribution is 14.0. The number of nitrogens with zero attached hydrogens (tertiary/aromatic N) is 1. The topological polar surface area (TPSA) is 45.7 Å². The van der Waals surface area contributed by atoms with Gasteiger partial charge in [0.1, 0.15) is 5.82 Å². The van der Waals surface area contributed by atoms with E-state index in [1.807, 2.05) is 12.1 Å². The molecule has 1 unspecified atom stereocenters. The van der Waals surface area contributed by atoms with Gasteiger partial charge in [-0.25, -0.2) is 4.39 Å². The highest BCUT2D eigenvalue weighted by Gasteiger charge is 2.34. The van der Waals surface area contributed by atoms with Crippen LogP contribution in [0.2, 0.25) is 0 Å². The van der Waals surface area contributed by atoms with E-state index in [9.17, 15) is 4.39 Å². The monoisotopic (exact) mass is 463 g/mol. The SMILES string of the molecule is CN=C(NCC1(c2ccc(F)cc2)CCOCC1)NC(C)C(C)C.I. The molecule has 1 aromatic rings. The largest absolute Gasteiger partial charge is 0.381 e. The van der Waals surface area contributed by atoms with Crippen LogP contribution >= 0.6 is 24.0 Å². The summed E-state index contributed by atoms with van der Waals surface area (Å²) in [6, 6.07) is 7.22. The lowest BCUT2D eigenvalue weighted by atomic mass is 9.74. The number of hydrogen-bond donors (Lipinski definition) is 2. The Hall–Kier alpha value is -0.890. The van der Waals surface area contributed by atoms with Gasteiger partial charge in [0.25, 0.3) is 0 Å². The molecule has 4 nitrogen and oxygen atoms in total. The zero-order valence-corrected chi connectivity index (χ0v) is 18.0. The van der Waals surface area contributed by atoms with E-state index in [0.29, 0.717) is 12.0 Å². The maximum absolute atomic E-state index is 13.3. The Bertz CT molecular complexity index is 542. The average molecular weight is 463 g/mol. The van der Waals surface area contributed by atoms with Crippen LogP contribution in [0.1, 0.15) is 39.2 Å². The smallest absolute Gasteiger partial charge is 0.191 e. The molecule has 1 saturated heterocycles. The Kier molecular flexibility index (Phi) is 9.13. The summed E-state index contributed by atoms with van der Waals surface area (Å²) in [6.45, 7) is 8.74. The minimum absolute atomic E-state index is 0. The third kappa shape index (κ3) is 6.09. The highest BCUT2D eigenvalue weighted by atomic mass is 127. The zero-order valence-electron chi connectivity index (χ0n) is 15.6. The Morgan fingerprint density at radius 3 is 2.32 bits per heavy atom. The van der Waals surface area contributed by atoms with Crippen molar-refractivity contribution in [2.24, 2.45) is 10.9 Å². The Balaban J connectivity index is 0.00000312. The van der Waals surface area contributed by atoms with Crippen LogP contribution in [-0.2, 0) is 10.2 Å². The number of benzene rings is 1. The third-order valence-electron chi connectivity index (χ3n) is 5.09. The van der Waals surface area contributed by atoms with Gasteiger partial charge >= 0.3 is 0 Å². The third-order valence-corrected chi connectivity index (χ3v) is 5.09. The molecule has 1 fully saturated rings. The average Bonchev–Trinajstić information content (AvgIpc) is 2.59. The molecule has 2 rings (SSSR count). The van der Waals surface area contributed by atoms with Crippen molar-refractivity contribution >= 4 is 29.9 Å². The van der Waals surface area contributed by atoms with Gasteiger partial charge in [-0.1, -0.05) is 26.0 Å². The van der Waals surface area contributed by atoms with Gasteiger partial charge in [-0.15, -0.1) is 24.0 Å². The number of hydrogen-bond acceptors (Lipinski definition) is 2. The van der Waals surface area contributed by atoms with Gasteiger partial charge in [-0.3, -0.25) is 4.99 Å². The van der Waals surface area contributed by atoms with Crippen LogP contribution in [0, 0.1) is 11.7 Å². The highest BCUT2D eigenvalue weighted by Crippen LogP contribution is 2.34. The molecule has 0 saturated carbocycles. The van der Waals surface area contributed by atoms with Crippen LogP contribution in [0.5, 0.6) is 0 Å². The number of aliphatic imine (C=N–C) groups is 1. The van der Waals surface area contributed by atoms with Gasteiger partial charge in [0, 0.05) is 38.3 Å². The molecule has 0 radical (unpaired) electrons. The van der Waals surface area contributed by atoms with Crippen LogP contribution in [0.3, 0.4) is 0 Å². The van der Waals surface area contributed by atoms with E-state index in [1.54, 1.807) is 19.2 Å². The molecule has 6 heteroatoms. The van der Waals surface area contributed by atoms with Crippen molar-refractivity contribution in [2.45, 2.75) is 45.1 Å². The van der Waals surface area contributed by atoms with Crippen molar-refractivity contribution in [3.8, 4) is 0 Å². The first-order valence-corrected chi connectivity index (χ1v) is 8.78. The van der Waals surface area contributed by atoms with Gasteiger partial charge in [-0.2, -0.15) is 0 Å². The van der Waals surface area contributed by atoms with Crippen LogP contribution in [0.4, 0.5) is 4.39 Å². The summed E-state index contributed by atoms with van der Waals surface area (Å²) in [7, 11) is 1.79. The molecule has 25 heavy (non-hydrogen) atoms. The van der Waals surface area contributed by atoms with Crippen molar-refractivity contribution < 1.29 is 9.13 Å². The van der Waals surface area contributed by atoms with Crippen molar-refractivity contribution in [2.75, 3.05) is 26.8 Å². The Morgan fingerprint density at radius 1 is 1.20 bits per heavy atom. The molecule has 0 amide bonds. The summed E-state index contributed by atoms with van der Waals surface area (Å²) in [5.74, 6) is 1.14. The fourth-order valence-corrected chi connectivity index (χ4v) is 2.96. The molecular weight excluding hydrogens is 432 g/mol. The maximum atomic E-state index is 13.3. The van der Waals surface area contributed by atoms with Crippen molar-refractivity contribution in [1.82, 2.24) is 10.6 Å². The number of halogens is 2. The number of rotatable bonds is 5. The van der Waals surface area contributed by atoms with E-state index >= 15 is 0 Å². The minimum atomic E-state index is -0.197. The molecular formula is C19H31FIN3O. The number of guanidine groups is 1. The lowest BCUT2D eigenvalue weighted by Gasteiger charge is -2.38. The molecule has 1 aromatic carbocycles. The number of nitrogens with one attached hydrogen (secondary N) is 2. The lowest BCUT2D eigenvalue weighted by Crippen LogP contribution is -2.50. The van der Waals surface area contributed by atoms with Gasteiger partial charge in [-0.05, 0) is 43.4 Å². The zero-order chi connectivity index (χ0) is 17.6. The summed E-state index contributed by atoms with van der Waals surface area (Å²) in [4.78, 5) is 4.34. The van der Waals surface area contributed by atoms with Gasteiger partial charge in [0.05, 0.1) is 0 Å². The van der Waals surface area contributed by atoms with E-state index in [-0.39, 0.29) is 35.2 Å². The van der Waals surface area contributed by atoms with Crippen LogP contribution in [0.15, 0.2) is 29.3 Å². The Labute approximate surface area is 168 Å². The molecule has 142 valence electrons.